The summed E-state index contributed by atoms with van der Waals surface area (Å²) in [6.07, 6.45) is 6.08. The van der Waals surface area contributed by atoms with E-state index in [0.29, 0.717) is 25.0 Å². The first kappa shape index (κ1) is 17.0. The van der Waals surface area contributed by atoms with E-state index < -0.39 is 0 Å². The van der Waals surface area contributed by atoms with Crippen molar-refractivity contribution in [2.45, 2.75) is 40.5 Å². The van der Waals surface area contributed by atoms with Gasteiger partial charge in [0.2, 0.25) is 0 Å². The first-order valence-electron chi connectivity index (χ1n) is 8.41. The van der Waals surface area contributed by atoms with Gasteiger partial charge in [0.05, 0.1) is 25.0 Å². The number of ether oxygens (including phenoxy) is 2. The summed E-state index contributed by atoms with van der Waals surface area (Å²) >= 11 is 0. The SMILES string of the molecule is CC(C)COC(=O)[C@@H]1[C@H](C(=O)OCC(C)C)[C@H]2C=C[C@H]1CC2. The van der Waals surface area contributed by atoms with Crippen molar-refractivity contribution < 1.29 is 19.1 Å². The van der Waals surface area contributed by atoms with Gasteiger partial charge in [-0.05, 0) is 36.5 Å². The third kappa shape index (κ3) is 3.90. The summed E-state index contributed by atoms with van der Waals surface area (Å²) in [6, 6.07) is 0. The van der Waals surface area contributed by atoms with Gasteiger partial charge in [-0.2, -0.15) is 0 Å². The molecule has 0 saturated heterocycles. The number of carbonyl (C=O) groups excluding carboxylic acids is 2. The molecule has 1 saturated carbocycles. The lowest BCUT2D eigenvalue weighted by Gasteiger charge is -2.42. The zero-order chi connectivity index (χ0) is 16.3. The molecule has 0 amide bonds. The summed E-state index contributed by atoms with van der Waals surface area (Å²) in [4.78, 5) is 25.0. The maximum Gasteiger partial charge on any atom is 0.310 e. The van der Waals surface area contributed by atoms with Crippen LogP contribution in [0.3, 0.4) is 0 Å². The number of carbonyl (C=O) groups is 2. The largest absolute Gasteiger partial charge is 0.465 e. The lowest BCUT2D eigenvalue weighted by Crippen LogP contribution is -2.46. The van der Waals surface area contributed by atoms with Crippen LogP contribution in [0, 0.1) is 35.5 Å². The molecular weight excluding hydrogens is 280 g/mol. The number of hydrogen-bond donors (Lipinski definition) is 0. The van der Waals surface area contributed by atoms with E-state index in [9.17, 15) is 9.59 Å². The average Bonchev–Trinajstić information content (AvgIpc) is 2.50. The Bertz CT molecular complexity index is 398. The van der Waals surface area contributed by atoms with E-state index in [0.717, 1.165) is 12.8 Å². The molecule has 0 heterocycles. The number of rotatable bonds is 6. The summed E-state index contributed by atoms with van der Waals surface area (Å²) in [5.74, 6) is -0.399. The zero-order valence-electron chi connectivity index (χ0n) is 14.1. The van der Waals surface area contributed by atoms with Crippen molar-refractivity contribution >= 4 is 11.9 Å². The third-order valence-electron chi connectivity index (χ3n) is 4.41. The van der Waals surface area contributed by atoms with E-state index in [1.807, 2.05) is 27.7 Å². The summed E-state index contributed by atoms with van der Waals surface area (Å²) < 4.78 is 10.8. The minimum Gasteiger partial charge on any atom is -0.465 e. The average molecular weight is 308 g/mol. The first-order chi connectivity index (χ1) is 10.4. The van der Waals surface area contributed by atoms with E-state index >= 15 is 0 Å². The van der Waals surface area contributed by atoms with Crippen molar-refractivity contribution in [1.29, 1.82) is 0 Å². The van der Waals surface area contributed by atoms with Crippen LogP contribution in [0.25, 0.3) is 0 Å². The second-order valence-electron chi connectivity index (χ2n) is 7.39. The van der Waals surface area contributed by atoms with Crippen molar-refractivity contribution in [3.05, 3.63) is 12.2 Å². The number of esters is 2. The topological polar surface area (TPSA) is 52.6 Å². The number of hydrogen-bond acceptors (Lipinski definition) is 4. The third-order valence-corrected chi connectivity index (χ3v) is 4.41. The Kier molecular flexibility index (Phi) is 5.65. The standard InChI is InChI=1S/C18H28O4/c1-11(2)9-21-17(19)15-13-5-7-14(8-6-13)16(15)18(20)22-10-12(3)4/h5,7,11-16H,6,8-10H2,1-4H3/t13-,14-,15-,16+/m0/s1. The van der Waals surface area contributed by atoms with Gasteiger partial charge in [-0.3, -0.25) is 9.59 Å². The van der Waals surface area contributed by atoms with Gasteiger partial charge in [-0.25, -0.2) is 0 Å². The van der Waals surface area contributed by atoms with Crippen LogP contribution in [-0.2, 0) is 19.1 Å². The number of fused-ring (bicyclic) bond motifs is 2. The minimum atomic E-state index is -0.373. The molecule has 2 bridgehead atoms. The minimum absolute atomic E-state index is 0.112. The van der Waals surface area contributed by atoms with Gasteiger partial charge in [0.1, 0.15) is 0 Å². The fourth-order valence-electron chi connectivity index (χ4n) is 3.33. The van der Waals surface area contributed by atoms with Crippen LogP contribution >= 0.6 is 0 Å². The fraction of sp³-hybridized carbons (Fsp3) is 0.778. The van der Waals surface area contributed by atoms with Gasteiger partial charge in [0, 0.05) is 0 Å². The molecule has 0 spiro atoms. The lowest BCUT2D eigenvalue weighted by atomic mass is 9.62. The molecule has 0 N–H and O–H groups in total. The van der Waals surface area contributed by atoms with Gasteiger partial charge in [-0.1, -0.05) is 39.8 Å². The Morgan fingerprint density at radius 2 is 1.23 bits per heavy atom. The van der Waals surface area contributed by atoms with E-state index in [4.69, 9.17) is 9.47 Å². The Labute approximate surface area is 133 Å². The molecule has 4 heteroatoms. The highest BCUT2D eigenvalue weighted by atomic mass is 16.5. The van der Waals surface area contributed by atoms with E-state index in [-0.39, 0.29) is 35.6 Å². The second kappa shape index (κ2) is 7.30. The molecule has 22 heavy (non-hydrogen) atoms. The van der Waals surface area contributed by atoms with Crippen LogP contribution in [0.5, 0.6) is 0 Å². The van der Waals surface area contributed by atoms with Crippen LogP contribution < -0.4 is 0 Å². The molecule has 3 rings (SSSR count). The highest BCUT2D eigenvalue weighted by molar-refractivity contribution is 5.83. The smallest absolute Gasteiger partial charge is 0.310 e. The summed E-state index contributed by atoms with van der Waals surface area (Å²) in [5, 5.41) is 0. The van der Waals surface area contributed by atoms with Gasteiger partial charge in [0.15, 0.2) is 0 Å². The highest BCUT2D eigenvalue weighted by Crippen LogP contribution is 2.46. The Balaban J connectivity index is 2.08. The van der Waals surface area contributed by atoms with Crippen LogP contribution in [0.4, 0.5) is 0 Å². The Morgan fingerprint density at radius 3 is 1.50 bits per heavy atom. The number of allylic oxidation sites excluding steroid dienone is 2. The molecule has 0 radical (unpaired) electrons. The van der Waals surface area contributed by atoms with Gasteiger partial charge >= 0.3 is 11.9 Å². The molecule has 3 aliphatic rings. The van der Waals surface area contributed by atoms with E-state index in [1.54, 1.807) is 0 Å². The van der Waals surface area contributed by atoms with Crippen molar-refractivity contribution in [3.8, 4) is 0 Å². The summed E-state index contributed by atoms with van der Waals surface area (Å²) in [5.41, 5.74) is 0. The van der Waals surface area contributed by atoms with Crippen molar-refractivity contribution in [1.82, 2.24) is 0 Å². The molecule has 0 aromatic rings. The molecule has 0 aromatic carbocycles. The van der Waals surface area contributed by atoms with E-state index in [2.05, 4.69) is 12.2 Å². The normalized spacial score (nSPS) is 29.9. The highest BCUT2D eigenvalue weighted by Gasteiger charge is 2.49. The zero-order valence-corrected chi connectivity index (χ0v) is 14.1. The van der Waals surface area contributed by atoms with Crippen molar-refractivity contribution in [2.75, 3.05) is 13.2 Å². The molecule has 0 aromatic heterocycles. The fourth-order valence-corrected chi connectivity index (χ4v) is 3.33. The molecule has 4 atom stereocenters. The predicted molar refractivity (Wildman–Crippen MR) is 83.9 cm³/mol. The van der Waals surface area contributed by atoms with Gasteiger partial charge in [0.25, 0.3) is 0 Å². The predicted octanol–water partition coefficient (Wildman–Crippen LogP) is 3.21. The van der Waals surface area contributed by atoms with Crippen LogP contribution in [-0.4, -0.2) is 25.2 Å². The van der Waals surface area contributed by atoms with Crippen molar-refractivity contribution in [3.63, 3.8) is 0 Å². The second-order valence-corrected chi connectivity index (χ2v) is 7.39. The molecular formula is C18H28O4. The maximum atomic E-state index is 12.5. The maximum absolute atomic E-state index is 12.5. The first-order valence-corrected chi connectivity index (χ1v) is 8.41. The van der Waals surface area contributed by atoms with Gasteiger partial charge in [-0.15, -0.1) is 0 Å². The van der Waals surface area contributed by atoms with Gasteiger partial charge < -0.3 is 9.47 Å². The quantitative estimate of drug-likeness (QED) is 0.558. The summed E-state index contributed by atoms with van der Waals surface area (Å²) in [6.45, 7) is 8.85. The van der Waals surface area contributed by atoms with E-state index in [1.165, 1.54) is 0 Å². The molecule has 0 unspecified atom stereocenters. The molecule has 124 valence electrons. The molecule has 0 aliphatic heterocycles. The van der Waals surface area contributed by atoms with Crippen LogP contribution in [0.1, 0.15) is 40.5 Å². The van der Waals surface area contributed by atoms with Crippen LogP contribution in [0.2, 0.25) is 0 Å². The monoisotopic (exact) mass is 308 g/mol. The molecule has 3 aliphatic carbocycles. The van der Waals surface area contributed by atoms with Crippen LogP contribution in [0.15, 0.2) is 12.2 Å². The Morgan fingerprint density at radius 1 is 0.864 bits per heavy atom. The molecule has 1 fully saturated rings. The lowest BCUT2D eigenvalue weighted by molar-refractivity contribution is -0.168. The van der Waals surface area contributed by atoms with Crippen molar-refractivity contribution in [2.24, 2.45) is 35.5 Å². The molecule has 4 nitrogen and oxygen atoms in total. The summed E-state index contributed by atoms with van der Waals surface area (Å²) in [7, 11) is 0. The Hall–Kier alpha value is -1.32.